The van der Waals surface area contributed by atoms with Gasteiger partial charge in [0.05, 0.1) is 0 Å². The maximum atomic E-state index is 3.52. The quantitative estimate of drug-likeness (QED) is 0.832. The third kappa shape index (κ3) is 4.11. The normalized spacial score (nSPS) is 35.2. The van der Waals surface area contributed by atoms with Gasteiger partial charge in [-0.25, -0.2) is 0 Å². The molecule has 0 spiro atoms. The lowest BCUT2D eigenvalue weighted by molar-refractivity contribution is 0.00788. The molecule has 2 aliphatic heterocycles. The topological polar surface area (TPSA) is 15.3 Å². The Bertz CT molecular complexity index is 264. The molecule has 1 unspecified atom stereocenters. The average molecular weight is 275 g/mol. The average Bonchev–Trinajstić information content (AvgIpc) is 2.44. The van der Waals surface area contributed by atoms with E-state index in [9.17, 15) is 0 Å². The molecule has 3 heteroatoms. The number of nitrogens with zero attached hydrogens (tertiary/aromatic N) is 1. The molecule has 2 aliphatic rings. The van der Waals surface area contributed by atoms with E-state index in [2.05, 4.69) is 44.8 Å². The molecule has 0 saturated carbocycles. The fourth-order valence-electron chi connectivity index (χ4n) is 4.33. The molecule has 2 nitrogen and oxygen atoms in total. The number of halogens is 1. The minimum absolute atomic E-state index is 0. The number of rotatable bonds is 2. The summed E-state index contributed by atoms with van der Waals surface area (Å²) in [5, 5.41) is 3.52. The minimum atomic E-state index is 0. The van der Waals surface area contributed by atoms with Gasteiger partial charge in [-0.05, 0) is 35.6 Å². The smallest absolute Gasteiger partial charge is 0.00484 e. The Hall–Kier alpha value is 0.210. The molecule has 2 rings (SSSR count). The standard InChI is InChI=1S/C15H30N2.ClH/c1-13(2)8-14(3,4)11-17(10-13)12-15(5)6-7-16-9-15;/h16H,6-12H2,1-5H3;1H. The van der Waals surface area contributed by atoms with Crippen LogP contribution in [0.4, 0.5) is 0 Å². The van der Waals surface area contributed by atoms with Crippen LogP contribution < -0.4 is 5.32 Å². The summed E-state index contributed by atoms with van der Waals surface area (Å²) in [6.07, 6.45) is 2.69. The monoisotopic (exact) mass is 274 g/mol. The van der Waals surface area contributed by atoms with E-state index in [4.69, 9.17) is 0 Å². The summed E-state index contributed by atoms with van der Waals surface area (Å²) in [5.74, 6) is 0. The number of likely N-dealkylation sites (tertiary alicyclic amines) is 1. The van der Waals surface area contributed by atoms with Gasteiger partial charge in [-0.1, -0.05) is 34.6 Å². The first-order valence-electron chi connectivity index (χ1n) is 7.13. The van der Waals surface area contributed by atoms with Crippen LogP contribution in [-0.4, -0.2) is 37.6 Å². The Morgan fingerprint density at radius 1 is 1.00 bits per heavy atom. The second-order valence-electron chi connectivity index (χ2n) is 8.39. The van der Waals surface area contributed by atoms with Crippen LogP contribution in [0, 0.1) is 16.2 Å². The highest BCUT2D eigenvalue weighted by atomic mass is 35.5. The lowest BCUT2D eigenvalue weighted by Gasteiger charge is -2.48. The first-order chi connectivity index (χ1) is 7.70. The van der Waals surface area contributed by atoms with Crippen molar-refractivity contribution in [1.82, 2.24) is 10.2 Å². The predicted molar refractivity (Wildman–Crippen MR) is 81.5 cm³/mol. The van der Waals surface area contributed by atoms with Crippen molar-refractivity contribution in [1.29, 1.82) is 0 Å². The Morgan fingerprint density at radius 3 is 2.00 bits per heavy atom. The van der Waals surface area contributed by atoms with Crippen molar-refractivity contribution in [2.75, 3.05) is 32.7 Å². The van der Waals surface area contributed by atoms with Gasteiger partial charge in [0.1, 0.15) is 0 Å². The Labute approximate surface area is 119 Å². The summed E-state index contributed by atoms with van der Waals surface area (Å²) in [6, 6.07) is 0. The summed E-state index contributed by atoms with van der Waals surface area (Å²) in [5.41, 5.74) is 1.46. The van der Waals surface area contributed by atoms with Crippen LogP contribution in [0.5, 0.6) is 0 Å². The zero-order valence-corrected chi connectivity index (χ0v) is 13.6. The molecule has 0 radical (unpaired) electrons. The van der Waals surface area contributed by atoms with Gasteiger partial charge in [-0.2, -0.15) is 0 Å². The summed E-state index contributed by atoms with van der Waals surface area (Å²) in [7, 11) is 0. The molecule has 0 aromatic carbocycles. The van der Waals surface area contributed by atoms with Gasteiger partial charge < -0.3 is 10.2 Å². The Morgan fingerprint density at radius 2 is 1.56 bits per heavy atom. The lowest BCUT2D eigenvalue weighted by Crippen LogP contribution is -2.51. The number of hydrogen-bond donors (Lipinski definition) is 1. The van der Waals surface area contributed by atoms with Crippen molar-refractivity contribution in [3.8, 4) is 0 Å². The fraction of sp³-hybridized carbons (Fsp3) is 1.00. The molecule has 0 aliphatic carbocycles. The van der Waals surface area contributed by atoms with E-state index in [1.165, 1.54) is 45.6 Å². The highest BCUT2D eigenvalue weighted by Gasteiger charge is 2.40. The van der Waals surface area contributed by atoms with Crippen molar-refractivity contribution in [3.63, 3.8) is 0 Å². The zero-order valence-electron chi connectivity index (χ0n) is 12.8. The van der Waals surface area contributed by atoms with Gasteiger partial charge in [0.25, 0.3) is 0 Å². The van der Waals surface area contributed by atoms with E-state index in [-0.39, 0.29) is 12.4 Å². The lowest BCUT2D eigenvalue weighted by atomic mass is 9.70. The maximum absolute atomic E-state index is 3.52. The predicted octanol–water partition coefficient (Wildman–Crippen LogP) is 3.17. The highest BCUT2D eigenvalue weighted by molar-refractivity contribution is 5.85. The zero-order chi connectivity index (χ0) is 12.7. The molecule has 0 aromatic heterocycles. The number of hydrogen-bond acceptors (Lipinski definition) is 2. The van der Waals surface area contributed by atoms with Crippen molar-refractivity contribution < 1.29 is 0 Å². The van der Waals surface area contributed by atoms with Crippen LogP contribution in [0.2, 0.25) is 0 Å². The number of piperidine rings is 1. The van der Waals surface area contributed by atoms with E-state index >= 15 is 0 Å². The maximum Gasteiger partial charge on any atom is 0.00484 e. The molecule has 108 valence electrons. The van der Waals surface area contributed by atoms with Crippen molar-refractivity contribution in [2.45, 2.75) is 47.5 Å². The summed E-state index contributed by atoms with van der Waals surface area (Å²) >= 11 is 0. The van der Waals surface area contributed by atoms with E-state index in [0.717, 1.165) is 0 Å². The first-order valence-corrected chi connectivity index (χ1v) is 7.13. The van der Waals surface area contributed by atoms with Crippen LogP contribution in [0.25, 0.3) is 0 Å². The molecule has 2 fully saturated rings. The van der Waals surface area contributed by atoms with E-state index in [0.29, 0.717) is 16.2 Å². The molecule has 2 heterocycles. The molecule has 1 atom stereocenters. The third-order valence-corrected chi connectivity index (χ3v) is 4.32. The van der Waals surface area contributed by atoms with Crippen molar-refractivity contribution >= 4 is 12.4 Å². The van der Waals surface area contributed by atoms with Gasteiger partial charge in [-0.3, -0.25) is 0 Å². The van der Waals surface area contributed by atoms with Gasteiger partial charge >= 0.3 is 0 Å². The van der Waals surface area contributed by atoms with Crippen LogP contribution in [-0.2, 0) is 0 Å². The fourth-order valence-corrected chi connectivity index (χ4v) is 4.33. The van der Waals surface area contributed by atoms with Crippen LogP contribution in [0.3, 0.4) is 0 Å². The Kier molecular flexibility index (Phi) is 4.79. The summed E-state index contributed by atoms with van der Waals surface area (Å²) in [4.78, 5) is 2.72. The molecule has 18 heavy (non-hydrogen) atoms. The summed E-state index contributed by atoms with van der Waals surface area (Å²) in [6.45, 7) is 18.4. The molecule has 0 bridgehead atoms. The third-order valence-electron chi connectivity index (χ3n) is 4.32. The van der Waals surface area contributed by atoms with Crippen LogP contribution >= 0.6 is 12.4 Å². The van der Waals surface area contributed by atoms with Crippen molar-refractivity contribution in [3.05, 3.63) is 0 Å². The van der Waals surface area contributed by atoms with Gasteiger partial charge in [0.15, 0.2) is 0 Å². The van der Waals surface area contributed by atoms with Crippen LogP contribution in [0.15, 0.2) is 0 Å². The molecule has 2 saturated heterocycles. The van der Waals surface area contributed by atoms with Gasteiger partial charge in [-0.15, -0.1) is 12.4 Å². The van der Waals surface area contributed by atoms with E-state index in [1.54, 1.807) is 0 Å². The second kappa shape index (κ2) is 5.30. The van der Waals surface area contributed by atoms with Crippen LogP contribution in [0.1, 0.15) is 47.5 Å². The highest BCUT2D eigenvalue weighted by Crippen LogP contribution is 2.41. The minimum Gasteiger partial charge on any atom is -0.316 e. The molecule has 0 aromatic rings. The molecule has 0 amide bonds. The Balaban J connectivity index is 0.00000162. The van der Waals surface area contributed by atoms with E-state index < -0.39 is 0 Å². The SMILES string of the molecule is CC1(C)CN(CC2(C)CCNC2)CC(C)(C)C1.Cl. The molecular weight excluding hydrogens is 244 g/mol. The second-order valence-corrected chi connectivity index (χ2v) is 8.39. The number of nitrogens with one attached hydrogen (secondary N) is 1. The van der Waals surface area contributed by atoms with E-state index in [1.807, 2.05) is 0 Å². The molecular formula is C15H31ClN2. The first kappa shape index (κ1) is 16.3. The van der Waals surface area contributed by atoms with Crippen molar-refractivity contribution in [2.24, 2.45) is 16.2 Å². The summed E-state index contributed by atoms with van der Waals surface area (Å²) < 4.78 is 0. The van der Waals surface area contributed by atoms with Gasteiger partial charge in [0.2, 0.25) is 0 Å². The van der Waals surface area contributed by atoms with Gasteiger partial charge in [0, 0.05) is 26.2 Å². The molecule has 1 N–H and O–H groups in total. The largest absolute Gasteiger partial charge is 0.316 e.